The van der Waals surface area contributed by atoms with Crippen molar-refractivity contribution in [2.24, 2.45) is 0 Å². The van der Waals surface area contributed by atoms with Crippen molar-refractivity contribution in [2.45, 2.75) is 52.0 Å². The SMILES string of the molecule is CCCNC(=O)CCCC(=O)N(C)C(C)(C)C(=O)O. The molecule has 110 valence electrons. The standard InChI is InChI=1S/C13H24N2O4/c1-5-9-14-10(16)7-6-8-11(17)15(4)13(2,3)12(18)19/h5-9H2,1-4H3,(H,14,16)(H,18,19). The quantitative estimate of drug-likeness (QED) is 0.690. The Morgan fingerprint density at radius 2 is 1.79 bits per heavy atom. The minimum atomic E-state index is -1.23. The first kappa shape index (κ1) is 17.4. The predicted molar refractivity (Wildman–Crippen MR) is 71.6 cm³/mol. The summed E-state index contributed by atoms with van der Waals surface area (Å²) in [7, 11) is 1.47. The number of amides is 2. The van der Waals surface area contributed by atoms with E-state index in [1.165, 1.54) is 25.8 Å². The predicted octanol–water partition coefficient (Wildman–Crippen LogP) is 1.00. The van der Waals surface area contributed by atoms with Gasteiger partial charge in [0.15, 0.2) is 0 Å². The molecule has 0 aromatic heterocycles. The first-order valence-corrected chi connectivity index (χ1v) is 6.50. The van der Waals surface area contributed by atoms with E-state index < -0.39 is 11.5 Å². The van der Waals surface area contributed by atoms with Crippen molar-refractivity contribution in [1.29, 1.82) is 0 Å². The number of carboxylic acids is 1. The molecular formula is C13H24N2O4. The molecule has 0 heterocycles. The molecule has 0 aliphatic carbocycles. The minimum Gasteiger partial charge on any atom is -0.480 e. The summed E-state index contributed by atoms with van der Waals surface area (Å²) in [5, 5.41) is 11.7. The molecule has 0 aliphatic rings. The molecule has 6 heteroatoms. The number of likely N-dealkylation sites (N-methyl/N-ethyl adjacent to an activating group) is 1. The molecule has 0 aromatic rings. The van der Waals surface area contributed by atoms with Gasteiger partial charge in [0.1, 0.15) is 5.54 Å². The highest BCUT2D eigenvalue weighted by molar-refractivity contribution is 5.86. The summed E-state index contributed by atoms with van der Waals surface area (Å²) in [5.41, 5.74) is -1.23. The molecule has 6 nitrogen and oxygen atoms in total. The molecule has 19 heavy (non-hydrogen) atoms. The maximum Gasteiger partial charge on any atom is 0.329 e. The van der Waals surface area contributed by atoms with Gasteiger partial charge in [-0.1, -0.05) is 6.92 Å². The molecule has 0 fully saturated rings. The van der Waals surface area contributed by atoms with E-state index in [4.69, 9.17) is 5.11 Å². The van der Waals surface area contributed by atoms with E-state index in [1.54, 1.807) is 0 Å². The van der Waals surface area contributed by atoms with Crippen LogP contribution in [0.2, 0.25) is 0 Å². The summed E-state index contributed by atoms with van der Waals surface area (Å²) < 4.78 is 0. The maximum absolute atomic E-state index is 11.8. The topological polar surface area (TPSA) is 86.7 Å². The van der Waals surface area contributed by atoms with E-state index >= 15 is 0 Å². The summed E-state index contributed by atoms with van der Waals surface area (Å²) in [5.74, 6) is -1.39. The number of rotatable bonds is 8. The lowest BCUT2D eigenvalue weighted by atomic mass is 10.0. The average molecular weight is 272 g/mol. The molecule has 0 aliphatic heterocycles. The first-order chi connectivity index (χ1) is 8.73. The summed E-state index contributed by atoms with van der Waals surface area (Å²) in [6, 6.07) is 0. The molecule has 0 saturated heterocycles. The third-order valence-corrected chi connectivity index (χ3v) is 3.10. The summed E-state index contributed by atoms with van der Waals surface area (Å²) in [6.45, 7) is 5.55. The van der Waals surface area contributed by atoms with Gasteiger partial charge in [-0.05, 0) is 26.7 Å². The Morgan fingerprint density at radius 1 is 1.21 bits per heavy atom. The monoisotopic (exact) mass is 272 g/mol. The van der Waals surface area contributed by atoms with Crippen LogP contribution < -0.4 is 5.32 Å². The van der Waals surface area contributed by atoms with Crippen LogP contribution in [0.25, 0.3) is 0 Å². The van der Waals surface area contributed by atoms with Gasteiger partial charge in [-0.2, -0.15) is 0 Å². The van der Waals surface area contributed by atoms with Crippen molar-refractivity contribution in [2.75, 3.05) is 13.6 Å². The van der Waals surface area contributed by atoms with Gasteiger partial charge in [0, 0.05) is 26.4 Å². The number of hydrogen-bond donors (Lipinski definition) is 2. The molecule has 0 spiro atoms. The number of nitrogens with one attached hydrogen (secondary N) is 1. The van der Waals surface area contributed by atoms with E-state index in [-0.39, 0.29) is 24.7 Å². The van der Waals surface area contributed by atoms with E-state index in [2.05, 4.69) is 5.32 Å². The molecular weight excluding hydrogens is 248 g/mol. The fourth-order valence-corrected chi connectivity index (χ4v) is 1.38. The minimum absolute atomic E-state index is 0.0743. The Hall–Kier alpha value is -1.59. The Morgan fingerprint density at radius 3 is 2.26 bits per heavy atom. The van der Waals surface area contributed by atoms with E-state index in [0.717, 1.165) is 6.42 Å². The second-order valence-electron chi connectivity index (χ2n) is 5.02. The average Bonchev–Trinajstić information content (AvgIpc) is 2.34. The molecule has 0 rings (SSSR count). The van der Waals surface area contributed by atoms with Gasteiger partial charge in [0.25, 0.3) is 0 Å². The second-order valence-corrected chi connectivity index (χ2v) is 5.02. The summed E-state index contributed by atoms with van der Waals surface area (Å²) in [6.07, 6.45) is 1.76. The highest BCUT2D eigenvalue weighted by atomic mass is 16.4. The third-order valence-electron chi connectivity index (χ3n) is 3.10. The van der Waals surface area contributed by atoms with Crippen LogP contribution in [0.5, 0.6) is 0 Å². The summed E-state index contributed by atoms with van der Waals surface area (Å²) >= 11 is 0. The van der Waals surface area contributed by atoms with Gasteiger partial charge in [0.05, 0.1) is 0 Å². The number of hydrogen-bond acceptors (Lipinski definition) is 3. The molecule has 0 aromatic carbocycles. The van der Waals surface area contributed by atoms with Crippen molar-refractivity contribution in [3.63, 3.8) is 0 Å². The lowest BCUT2D eigenvalue weighted by molar-refractivity contribution is -0.155. The molecule has 0 saturated carbocycles. The Kier molecular flexibility index (Phi) is 7.11. The summed E-state index contributed by atoms with van der Waals surface area (Å²) in [4.78, 5) is 35.4. The van der Waals surface area contributed by atoms with E-state index in [0.29, 0.717) is 13.0 Å². The van der Waals surface area contributed by atoms with Crippen LogP contribution in [0.15, 0.2) is 0 Å². The molecule has 0 bridgehead atoms. The van der Waals surface area contributed by atoms with Crippen LogP contribution in [-0.4, -0.2) is 46.9 Å². The number of carbonyl (C=O) groups excluding carboxylic acids is 2. The van der Waals surface area contributed by atoms with Gasteiger partial charge in [-0.3, -0.25) is 9.59 Å². The largest absolute Gasteiger partial charge is 0.480 e. The van der Waals surface area contributed by atoms with Crippen LogP contribution in [0.3, 0.4) is 0 Å². The number of carbonyl (C=O) groups is 3. The molecule has 0 unspecified atom stereocenters. The zero-order valence-electron chi connectivity index (χ0n) is 12.2. The van der Waals surface area contributed by atoms with Crippen LogP contribution >= 0.6 is 0 Å². The van der Waals surface area contributed by atoms with Crippen molar-refractivity contribution in [1.82, 2.24) is 10.2 Å². The van der Waals surface area contributed by atoms with Gasteiger partial charge in [-0.25, -0.2) is 4.79 Å². The van der Waals surface area contributed by atoms with Crippen molar-refractivity contribution in [3.8, 4) is 0 Å². The van der Waals surface area contributed by atoms with E-state index in [1.807, 2.05) is 6.92 Å². The smallest absolute Gasteiger partial charge is 0.329 e. The van der Waals surface area contributed by atoms with Crippen LogP contribution in [0.4, 0.5) is 0 Å². The van der Waals surface area contributed by atoms with Crippen molar-refractivity contribution >= 4 is 17.8 Å². The lowest BCUT2D eigenvalue weighted by Crippen LogP contribution is -2.50. The molecule has 2 amide bonds. The Labute approximate surface area is 114 Å². The number of aliphatic carboxylic acids is 1. The fraction of sp³-hybridized carbons (Fsp3) is 0.769. The normalized spacial score (nSPS) is 10.9. The third kappa shape index (κ3) is 5.72. The van der Waals surface area contributed by atoms with Gasteiger partial charge < -0.3 is 15.3 Å². The van der Waals surface area contributed by atoms with Gasteiger partial charge >= 0.3 is 5.97 Å². The van der Waals surface area contributed by atoms with Gasteiger partial charge in [-0.15, -0.1) is 0 Å². The molecule has 0 radical (unpaired) electrons. The van der Waals surface area contributed by atoms with Crippen LogP contribution in [0.1, 0.15) is 46.5 Å². The molecule has 2 N–H and O–H groups in total. The van der Waals surface area contributed by atoms with Crippen molar-refractivity contribution in [3.05, 3.63) is 0 Å². The zero-order valence-corrected chi connectivity index (χ0v) is 12.2. The van der Waals surface area contributed by atoms with Crippen molar-refractivity contribution < 1.29 is 19.5 Å². The van der Waals surface area contributed by atoms with Gasteiger partial charge in [0.2, 0.25) is 11.8 Å². The number of carboxylic acid groups (broad SMARTS) is 1. The van der Waals surface area contributed by atoms with Crippen LogP contribution in [0, 0.1) is 0 Å². The first-order valence-electron chi connectivity index (χ1n) is 6.50. The second kappa shape index (κ2) is 7.76. The lowest BCUT2D eigenvalue weighted by Gasteiger charge is -2.31. The zero-order chi connectivity index (χ0) is 15.1. The van der Waals surface area contributed by atoms with Crippen LogP contribution in [-0.2, 0) is 14.4 Å². The number of nitrogens with zero attached hydrogens (tertiary/aromatic N) is 1. The Bertz CT molecular complexity index is 340. The fourth-order valence-electron chi connectivity index (χ4n) is 1.38. The maximum atomic E-state index is 11.8. The highest BCUT2D eigenvalue weighted by Crippen LogP contribution is 2.14. The highest BCUT2D eigenvalue weighted by Gasteiger charge is 2.34. The van der Waals surface area contributed by atoms with E-state index in [9.17, 15) is 14.4 Å². The molecule has 0 atom stereocenters. The Balaban J connectivity index is 4.12.